The predicted octanol–water partition coefficient (Wildman–Crippen LogP) is 4.83. The second kappa shape index (κ2) is 10.8. The van der Waals surface area contributed by atoms with Gasteiger partial charge in [0.25, 0.3) is 0 Å². The number of halogens is 1. The molecule has 0 saturated carbocycles. The molecule has 164 valence electrons. The van der Waals surface area contributed by atoms with Gasteiger partial charge >= 0.3 is 0 Å². The lowest BCUT2D eigenvalue weighted by Gasteiger charge is -2.15. The zero-order valence-electron chi connectivity index (χ0n) is 17.5. The molecule has 0 spiro atoms. The zero-order valence-corrected chi connectivity index (χ0v) is 19.9. The van der Waals surface area contributed by atoms with Crippen molar-refractivity contribution in [2.75, 3.05) is 24.2 Å². The molecule has 2 aromatic carbocycles. The summed E-state index contributed by atoms with van der Waals surface area (Å²) in [6, 6.07) is 17.9. The number of thiazole rings is 1. The van der Waals surface area contributed by atoms with Crippen LogP contribution in [0.4, 0.5) is 5.13 Å². The van der Waals surface area contributed by atoms with Gasteiger partial charge in [0.2, 0.25) is 5.91 Å². The second-order valence-electron chi connectivity index (χ2n) is 7.18. The van der Waals surface area contributed by atoms with Crippen molar-refractivity contribution in [3.05, 3.63) is 77.1 Å². The van der Waals surface area contributed by atoms with Crippen molar-refractivity contribution in [2.24, 2.45) is 0 Å². The van der Waals surface area contributed by atoms with Crippen LogP contribution in [0.15, 0.2) is 66.0 Å². The van der Waals surface area contributed by atoms with Gasteiger partial charge in [0, 0.05) is 25.2 Å². The quantitative estimate of drug-likeness (QED) is 0.271. The topological polar surface area (TPSA) is 71.0 Å². The molecule has 2 heterocycles. The molecule has 4 rings (SSSR count). The number of carbonyl (C=O) groups excluding carboxylic acids is 1. The number of carbonyl (C=O) groups is 1. The number of fused-ring (bicyclic) bond motifs is 1. The molecule has 0 saturated heterocycles. The summed E-state index contributed by atoms with van der Waals surface area (Å²) in [4.78, 5) is 27.7. The minimum atomic E-state index is -0.0262. The molecule has 0 fully saturated rings. The number of nitrogens with zero attached hydrogens (tertiary/aromatic N) is 4. The number of rotatable bonds is 9. The van der Waals surface area contributed by atoms with Crippen molar-refractivity contribution < 1.29 is 4.79 Å². The van der Waals surface area contributed by atoms with Crippen LogP contribution in [0.1, 0.15) is 11.1 Å². The number of hydrogen-bond donors (Lipinski definition) is 1. The van der Waals surface area contributed by atoms with Crippen LogP contribution >= 0.6 is 34.7 Å². The Morgan fingerprint density at radius 2 is 1.88 bits per heavy atom. The Morgan fingerprint density at radius 3 is 2.66 bits per heavy atom. The highest BCUT2D eigenvalue weighted by Gasteiger charge is 2.15. The van der Waals surface area contributed by atoms with E-state index in [4.69, 9.17) is 11.6 Å². The van der Waals surface area contributed by atoms with Crippen molar-refractivity contribution >= 4 is 56.1 Å². The van der Waals surface area contributed by atoms with E-state index < -0.39 is 0 Å². The summed E-state index contributed by atoms with van der Waals surface area (Å²) >= 11 is 8.86. The highest BCUT2D eigenvalue weighted by Crippen LogP contribution is 2.33. The van der Waals surface area contributed by atoms with E-state index in [1.807, 2.05) is 49.5 Å². The van der Waals surface area contributed by atoms with Gasteiger partial charge < -0.3 is 10.2 Å². The molecular formula is C23H22ClN5OS2. The van der Waals surface area contributed by atoms with E-state index in [1.54, 1.807) is 11.3 Å². The van der Waals surface area contributed by atoms with Gasteiger partial charge in [-0.3, -0.25) is 4.79 Å². The Bertz CT molecular complexity index is 1180. The fraction of sp³-hybridized carbons (Fsp3) is 0.217. The second-order valence-corrected chi connectivity index (χ2v) is 9.56. The van der Waals surface area contributed by atoms with E-state index in [1.165, 1.54) is 23.7 Å². The highest BCUT2D eigenvalue weighted by atomic mass is 35.5. The zero-order chi connectivity index (χ0) is 22.3. The molecule has 9 heteroatoms. The average Bonchev–Trinajstić information content (AvgIpc) is 3.25. The molecule has 0 aliphatic heterocycles. The lowest BCUT2D eigenvalue weighted by atomic mass is 10.1. The number of nitrogens with one attached hydrogen (secondary N) is 1. The molecule has 6 nitrogen and oxygen atoms in total. The Balaban J connectivity index is 1.33. The first-order valence-corrected chi connectivity index (χ1v) is 12.3. The van der Waals surface area contributed by atoms with Gasteiger partial charge in [0.05, 0.1) is 5.75 Å². The number of amides is 1. The Labute approximate surface area is 200 Å². The first kappa shape index (κ1) is 22.5. The lowest BCUT2D eigenvalue weighted by Crippen LogP contribution is -2.27. The van der Waals surface area contributed by atoms with Gasteiger partial charge in [-0.15, -0.1) is 0 Å². The first-order chi connectivity index (χ1) is 15.6. The van der Waals surface area contributed by atoms with Gasteiger partial charge in [-0.25, -0.2) is 9.97 Å². The van der Waals surface area contributed by atoms with Crippen molar-refractivity contribution in [3.63, 3.8) is 0 Å². The maximum Gasteiger partial charge on any atom is 0.230 e. The van der Waals surface area contributed by atoms with Crippen molar-refractivity contribution in [1.29, 1.82) is 0 Å². The van der Waals surface area contributed by atoms with Crippen LogP contribution in [-0.2, 0) is 17.8 Å². The molecule has 0 atom stereocenters. The Kier molecular flexibility index (Phi) is 7.57. The molecule has 32 heavy (non-hydrogen) atoms. The summed E-state index contributed by atoms with van der Waals surface area (Å²) in [6.07, 6.45) is 2.26. The van der Waals surface area contributed by atoms with Crippen LogP contribution in [0.3, 0.4) is 0 Å². The average molecular weight is 484 g/mol. The van der Waals surface area contributed by atoms with Crippen LogP contribution < -0.4 is 10.2 Å². The van der Waals surface area contributed by atoms with Crippen molar-refractivity contribution in [3.8, 4) is 0 Å². The SMILES string of the molecule is CN(Cc1ccccc1)c1nc2ncnc(SCC(=O)NCCc3ccc(Cl)cc3)c2s1. The fourth-order valence-electron chi connectivity index (χ4n) is 3.10. The largest absolute Gasteiger partial charge is 0.355 e. The molecule has 2 aromatic heterocycles. The fourth-order valence-corrected chi connectivity index (χ4v) is 5.10. The monoisotopic (exact) mass is 483 g/mol. The highest BCUT2D eigenvalue weighted by molar-refractivity contribution is 8.00. The molecule has 0 unspecified atom stereocenters. The van der Waals surface area contributed by atoms with Gasteiger partial charge in [0.1, 0.15) is 16.1 Å². The number of aromatic nitrogens is 3. The molecule has 0 radical (unpaired) electrons. The minimum absolute atomic E-state index is 0.0262. The van der Waals surface area contributed by atoms with Crippen LogP contribution in [0.5, 0.6) is 0 Å². The van der Waals surface area contributed by atoms with Crippen LogP contribution in [0, 0.1) is 0 Å². The van der Waals surface area contributed by atoms with Gasteiger partial charge in [-0.2, -0.15) is 4.98 Å². The number of benzene rings is 2. The molecular weight excluding hydrogens is 462 g/mol. The van der Waals surface area contributed by atoms with E-state index in [9.17, 15) is 4.79 Å². The molecule has 0 aliphatic carbocycles. The van der Waals surface area contributed by atoms with E-state index in [0.29, 0.717) is 23.0 Å². The minimum Gasteiger partial charge on any atom is -0.355 e. The predicted molar refractivity (Wildman–Crippen MR) is 133 cm³/mol. The molecule has 1 N–H and O–H groups in total. The normalized spacial score (nSPS) is 10.9. The summed E-state index contributed by atoms with van der Waals surface area (Å²) in [5.74, 6) is 0.265. The first-order valence-electron chi connectivity index (χ1n) is 10.1. The van der Waals surface area contributed by atoms with E-state index in [0.717, 1.165) is 33.4 Å². The van der Waals surface area contributed by atoms with Crippen LogP contribution in [0.2, 0.25) is 5.02 Å². The molecule has 0 aliphatic rings. The van der Waals surface area contributed by atoms with Gasteiger partial charge in [0.15, 0.2) is 10.8 Å². The molecule has 0 bridgehead atoms. The third-order valence-corrected chi connectivity index (χ3v) is 7.26. The van der Waals surface area contributed by atoms with Crippen molar-refractivity contribution in [2.45, 2.75) is 18.0 Å². The smallest absolute Gasteiger partial charge is 0.230 e. The third kappa shape index (κ3) is 5.97. The number of anilines is 1. The van der Waals surface area contributed by atoms with E-state index in [-0.39, 0.29) is 5.91 Å². The summed E-state index contributed by atoms with van der Waals surface area (Å²) in [5, 5.41) is 5.32. The summed E-state index contributed by atoms with van der Waals surface area (Å²) in [7, 11) is 2.01. The number of hydrogen-bond acceptors (Lipinski definition) is 7. The van der Waals surface area contributed by atoms with E-state index >= 15 is 0 Å². The summed E-state index contributed by atoms with van der Waals surface area (Å²) in [5.41, 5.74) is 3.01. The maximum absolute atomic E-state index is 12.3. The van der Waals surface area contributed by atoms with E-state index in [2.05, 4.69) is 37.3 Å². The Hall–Kier alpha value is -2.68. The summed E-state index contributed by atoms with van der Waals surface area (Å²) < 4.78 is 0.904. The summed E-state index contributed by atoms with van der Waals surface area (Å²) in [6.45, 7) is 1.34. The third-order valence-electron chi connectivity index (χ3n) is 4.73. The number of thioether (sulfide) groups is 1. The van der Waals surface area contributed by atoms with Gasteiger partial charge in [-0.1, -0.05) is 77.2 Å². The molecule has 1 amide bonds. The van der Waals surface area contributed by atoms with Gasteiger partial charge in [-0.05, 0) is 29.7 Å². The van der Waals surface area contributed by atoms with Crippen LogP contribution in [-0.4, -0.2) is 40.2 Å². The molecule has 4 aromatic rings. The van der Waals surface area contributed by atoms with Crippen molar-refractivity contribution in [1.82, 2.24) is 20.3 Å². The standard InChI is InChI=1S/C23H22ClN5OS2/c1-29(13-17-5-3-2-4-6-17)23-28-21-20(32-23)22(27-15-26-21)31-14-19(30)25-12-11-16-7-9-18(24)10-8-16/h2-10,15H,11-14H2,1H3,(H,25,30). The lowest BCUT2D eigenvalue weighted by molar-refractivity contribution is -0.118. The maximum atomic E-state index is 12.3. The van der Waals surface area contributed by atoms with Crippen LogP contribution in [0.25, 0.3) is 10.3 Å². The Morgan fingerprint density at radius 1 is 1.09 bits per heavy atom.